The highest BCUT2D eigenvalue weighted by molar-refractivity contribution is 5.84. The van der Waals surface area contributed by atoms with E-state index in [1.54, 1.807) is 0 Å². The average Bonchev–Trinajstić information content (AvgIpc) is 3.50. The maximum absolute atomic E-state index is 12.4. The molecule has 24 heavy (non-hydrogen) atoms. The summed E-state index contributed by atoms with van der Waals surface area (Å²) in [4.78, 5) is 24.4. The minimum Gasteiger partial charge on any atom is -0.436 e. The Morgan fingerprint density at radius 2 is 2.00 bits per heavy atom. The van der Waals surface area contributed by atoms with Crippen LogP contribution in [0, 0.1) is 17.2 Å². The summed E-state index contributed by atoms with van der Waals surface area (Å²) >= 11 is 0. The van der Waals surface area contributed by atoms with E-state index in [1.165, 1.54) is 0 Å². The number of benzene rings is 1. The van der Waals surface area contributed by atoms with Crippen LogP contribution < -0.4 is 10.6 Å². The molecule has 1 aromatic carbocycles. The third-order valence-electron chi connectivity index (χ3n) is 4.39. The molecule has 0 heterocycles. The van der Waals surface area contributed by atoms with Crippen LogP contribution in [0.5, 0.6) is 0 Å². The number of nitriles is 1. The van der Waals surface area contributed by atoms with Gasteiger partial charge < -0.3 is 15.4 Å². The molecule has 0 saturated heterocycles. The van der Waals surface area contributed by atoms with Gasteiger partial charge in [0.1, 0.15) is 5.54 Å². The smallest absolute Gasteiger partial charge is 0.408 e. The molecule has 1 atom stereocenters. The Labute approximate surface area is 141 Å². The largest absolute Gasteiger partial charge is 0.436 e. The second kappa shape index (κ2) is 6.91. The Balaban J connectivity index is 1.52. The lowest BCUT2D eigenvalue weighted by molar-refractivity contribution is -0.130. The number of carbonyl (C=O) groups is 2. The Bertz CT molecular complexity index is 645. The van der Waals surface area contributed by atoms with E-state index in [1.807, 2.05) is 30.3 Å². The normalized spacial score (nSPS) is 18.8. The highest BCUT2D eigenvalue weighted by Crippen LogP contribution is 2.36. The molecule has 0 aromatic heterocycles. The zero-order chi connectivity index (χ0) is 17.0. The molecule has 6 heteroatoms. The summed E-state index contributed by atoms with van der Waals surface area (Å²) in [7, 11) is 0. The van der Waals surface area contributed by atoms with Crippen molar-refractivity contribution >= 4 is 12.0 Å². The minimum atomic E-state index is -0.834. The predicted molar refractivity (Wildman–Crippen MR) is 86.6 cm³/mol. The molecule has 3 rings (SSSR count). The summed E-state index contributed by atoms with van der Waals surface area (Å²) in [6.07, 6.45) is 2.51. The standard InChI is InChI=1S/C18H21N3O3/c19-12-18(8-9-18)21-16(22)15(10-13-6-7-13)24-17(23)20-11-14-4-2-1-3-5-14/h1-5,13,15H,6-11H2,(H,20,23)(H,21,22)/t15-/m0/s1. The maximum Gasteiger partial charge on any atom is 0.408 e. The molecule has 126 valence electrons. The number of carbonyl (C=O) groups excluding carboxylic acids is 2. The molecule has 2 amide bonds. The van der Waals surface area contributed by atoms with Crippen molar-refractivity contribution in [3.8, 4) is 6.07 Å². The van der Waals surface area contributed by atoms with Crippen LogP contribution in [0.25, 0.3) is 0 Å². The van der Waals surface area contributed by atoms with Crippen LogP contribution in [0.15, 0.2) is 30.3 Å². The van der Waals surface area contributed by atoms with Crippen molar-refractivity contribution in [3.63, 3.8) is 0 Å². The molecule has 2 saturated carbocycles. The number of ether oxygens (including phenoxy) is 1. The van der Waals surface area contributed by atoms with Gasteiger partial charge in [-0.3, -0.25) is 4.79 Å². The van der Waals surface area contributed by atoms with Crippen LogP contribution in [0.3, 0.4) is 0 Å². The van der Waals surface area contributed by atoms with Gasteiger partial charge in [0.2, 0.25) is 0 Å². The number of hydrogen-bond acceptors (Lipinski definition) is 4. The molecule has 1 aromatic rings. The van der Waals surface area contributed by atoms with E-state index in [9.17, 15) is 9.59 Å². The molecule has 0 bridgehead atoms. The van der Waals surface area contributed by atoms with Crippen LogP contribution >= 0.6 is 0 Å². The van der Waals surface area contributed by atoms with Crippen LogP contribution in [0.2, 0.25) is 0 Å². The third-order valence-corrected chi connectivity index (χ3v) is 4.39. The number of alkyl carbamates (subject to hydrolysis) is 1. The highest BCUT2D eigenvalue weighted by Gasteiger charge is 2.46. The fourth-order valence-electron chi connectivity index (χ4n) is 2.51. The summed E-state index contributed by atoms with van der Waals surface area (Å²) in [6.45, 7) is 0.347. The summed E-state index contributed by atoms with van der Waals surface area (Å²) in [5.74, 6) is 0.0655. The van der Waals surface area contributed by atoms with Crippen molar-refractivity contribution in [2.75, 3.05) is 0 Å². The van der Waals surface area contributed by atoms with Gasteiger partial charge in [-0.15, -0.1) is 0 Å². The molecule has 0 unspecified atom stereocenters. The Hall–Kier alpha value is -2.55. The second-order valence-electron chi connectivity index (χ2n) is 6.60. The number of rotatable bonds is 7. The lowest BCUT2D eigenvalue weighted by Gasteiger charge is -2.19. The van der Waals surface area contributed by atoms with E-state index in [4.69, 9.17) is 10.00 Å². The van der Waals surface area contributed by atoms with E-state index in [0.717, 1.165) is 18.4 Å². The van der Waals surface area contributed by atoms with Gasteiger partial charge in [-0.05, 0) is 30.7 Å². The van der Waals surface area contributed by atoms with Gasteiger partial charge in [-0.1, -0.05) is 43.2 Å². The maximum atomic E-state index is 12.4. The van der Waals surface area contributed by atoms with Crippen LogP contribution in [0.4, 0.5) is 4.79 Å². The molecule has 2 aliphatic carbocycles. The topological polar surface area (TPSA) is 91.2 Å². The molecular formula is C18H21N3O3. The predicted octanol–water partition coefficient (Wildman–Crippen LogP) is 2.25. The van der Waals surface area contributed by atoms with Gasteiger partial charge >= 0.3 is 6.09 Å². The molecule has 2 fully saturated rings. The molecule has 2 N–H and O–H groups in total. The van der Waals surface area contributed by atoms with E-state index in [2.05, 4.69) is 16.7 Å². The average molecular weight is 327 g/mol. The minimum absolute atomic E-state index is 0.347. The summed E-state index contributed by atoms with van der Waals surface area (Å²) < 4.78 is 5.33. The van der Waals surface area contributed by atoms with Crippen molar-refractivity contribution in [2.24, 2.45) is 5.92 Å². The van der Waals surface area contributed by atoms with Gasteiger partial charge in [-0.2, -0.15) is 5.26 Å². The highest BCUT2D eigenvalue weighted by atomic mass is 16.6. The molecule has 0 spiro atoms. The van der Waals surface area contributed by atoms with Gasteiger partial charge in [0.25, 0.3) is 5.91 Å². The van der Waals surface area contributed by atoms with E-state index in [-0.39, 0.29) is 5.91 Å². The van der Waals surface area contributed by atoms with E-state index >= 15 is 0 Å². The fourth-order valence-corrected chi connectivity index (χ4v) is 2.51. The first-order chi connectivity index (χ1) is 11.6. The quantitative estimate of drug-likeness (QED) is 0.803. The lowest BCUT2D eigenvalue weighted by Crippen LogP contribution is -2.45. The first kappa shape index (κ1) is 16.3. The molecule has 0 radical (unpaired) electrons. The molecular weight excluding hydrogens is 306 g/mol. The van der Waals surface area contributed by atoms with Crippen molar-refractivity contribution in [1.29, 1.82) is 5.26 Å². The number of hydrogen-bond donors (Lipinski definition) is 2. The van der Waals surface area contributed by atoms with Crippen molar-refractivity contribution in [1.82, 2.24) is 10.6 Å². The van der Waals surface area contributed by atoms with Crippen LogP contribution in [0.1, 0.15) is 37.7 Å². The van der Waals surface area contributed by atoms with Crippen molar-refractivity contribution < 1.29 is 14.3 Å². The lowest BCUT2D eigenvalue weighted by atomic mass is 10.1. The molecule has 0 aliphatic heterocycles. The first-order valence-corrected chi connectivity index (χ1v) is 8.32. The zero-order valence-electron chi connectivity index (χ0n) is 13.5. The van der Waals surface area contributed by atoms with Gasteiger partial charge in [0, 0.05) is 6.54 Å². The first-order valence-electron chi connectivity index (χ1n) is 8.32. The number of nitrogens with one attached hydrogen (secondary N) is 2. The van der Waals surface area contributed by atoms with E-state index in [0.29, 0.717) is 31.7 Å². The second-order valence-corrected chi connectivity index (χ2v) is 6.60. The van der Waals surface area contributed by atoms with Crippen molar-refractivity contribution in [3.05, 3.63) is 35.9 Å². The zero-order valence-corrected chi connectivity index (χ0v) is 13.5. The van der Waals surface area contributed by atoms with E-state index < -0.39 is 17.7 Å². The van der Waals surface area contributed by atoms with Gasteiger partial charge in [0.15, 0.2) is 6.10 Å². The van der Waals surface area contributed by atoms with Crippen LogP contribution in [-0.4, -0.2) is 23.6 Å². The Morgan fingerprint density at radius 3 is 2.58 bits per heavy atom. The Morgan fingerprint density at radius 1 is 1.29 bits per heavy atom. The summed E-state index contributed by atoms with van der Waals surface area (Å²) in [6, 6.07) is 11.6. The third kappa shape index (κ3) is 4.48. The summed E-state index contributed by atoms with van der Waals surface area (Å²) in [5, 5.41) is 14.5. The number of amides is 2. The number of nitrogens with zero attached hydrogens (tertiary/aromatic N) is 1. The van der Waals surface area contributed by atoms with Crippen LogP contribution in [-0.2, 0) is 16.1 Å². The van der Waals surface area contributed by atoms with Gasteiger partial charge in [-0.25, -0.2) is 4.79 Å². The van der Waals surface area contributed by atoms with Crippen molar-refractivity contribution in [2.45, 2.75) is 50.3 Å². The molecule has 6 nitrogen and oxygen atoms in total. The summed E-state index contributed by atoms with van der Waals surface area (Å²) in [5.41, 5.74) is 0.210. The molecule has 2 aliphatic rings. The van der Waals surface area contributed by atoms with Gasteiger partial charge in [0.05, 0.1) is 6.07 Å². The fraction of sp³-hybridized carbons (Fsp3) is 0.500. The monoisotopic (exact) mass is 327 g/mol. The SMILES string of the molecule is N#CC1(NC(=O)[C@H](CC2CC2)OC(=O)NCc2ccccc2)CC1. The Kier molecular flexibility index (Phi) is 4.70.